The standard InChI is InChI=1S/C10H10O3/c1-6-10(12)7-3-2-4-9(11)8(7)5-13-6/h2-4,6,11H,5H2,1H3/t6-/m0/s1. The van der Waals surface area contributed by atoms with Gasteiger partial charge in [0.25, 0.3) is 0 Å². The van der Waals surface area contributed by atoms with Gasteiger partial charge < -0.3 is 9.84 Å². The first-order chi connectivity index (χ1) is 6.20. The van der Waals surface area contributed by atoms with E-state index >= 15 is 0 Å². The van der Waals surface area contributed by atoms with Crippen LogP contribution in [0.2, 0.25) is 0 Å². The molecule has 3 nitrogen and oxygen atoms in total. The summed E-state index contributed by atoms with van der Waals surface area (Å²) in [7, 11) is 0. The molecule has 0 aliphatic carbocycles. The summed E-state index contributed by atoms with van der Waals surface area (Å²) in [6.07, 6.45) is -0.394. The second kappa shape index (κ2) is 2.85. The normalized spacial score (nSPS) is 21.3. The number of ether oxygens (including phenoxy) is 1. The zero-order chi connectivity index (χ0) is 9.42. The summed E-state index contributed by atoms with van der Waals surface area (Å²) in [5, 5.41) is 9.43. The lowest BCUT2D eigenvalue weighted by Gasteiger charge is -2.21. The molecule has 1 aliphatic rings. The summed E-state index contributed by atoms with van der Waals surface area (Å²) < 4.78 is 5.19. The molecule has 0 saturated carbocycles. The van der Waals surface area contributed by atoms with Crippen LogP contribution >= 0.6 is 0 Å². The van der Waals surface area contributed by atoms with Crippen LogP contribution in [-0.4, -0.2) is 17.0 Å². The predicted molar refractivity (Wildman–Crippen MR) is 46.7 cm³/mol. The maximum absolute atomic E-state index is 11.5. The van der Waals surface area contributed by atoms with E-state index in [0.29, 0.717) is 17.7 Å². The first-order valence-corrected chi connectivity index (χ1v) is 4.17. The number of phenolic OH excluding ortho intramolecular Hbond substituents is 1. The lowest BCUT2D eigenvalue weighted by atomic mass is 9.98. The third kappa shape index (κ3) is 1.21. The van der Waals surface area contributed by atoms with Crippen molar-refractivity contribution in [3.05, 3.63) is 29.3 Å². The molecule has 1 atom stereocenters. The first kappa shape index (κ1) is 8.26. The van der Waals surface area contributed by atoms with E-state index in [4.69, 9.17) is 4.74 Å². The van der Waals surface area contributed by atoms with Crippen LogP contribution < -0.4 is 0 Å². The summed E-state index contributed by atoms with van der Waals surface area (Å²) in [5.74, 6) is 0.0786. The van der Waals surface area contributed by atoms with Crippen molar-refractivity contribution in [2.24, 2.45) is 0 Å². The Kier molecular flexibility index (Phi) is 1.81. The van der Waals surface area contributed by atoms with Crippen LogP contribution in [0.25, 0.3) is 0 Å². The van der Waals surface area contributed by atoms with Gasteiger partial charge in [0.15, 0.2) is 5.78 Å². The number of carbonyl (C=O) groups is 1. The third-order valence-corrected chi connectivity index (χ3v) is 2.26. The number of phenols is 1. The summed E-state index contributed by atoms with van der Waals surface area (Å²) >= 11 is 0. The molecular formula is C10H10O3. The quantitative estimate of drug-likeness (QED) is 0.654. The molecule has 1 aliphatic heterocycles. The van der Waals surface area contributed by atoms with Gasteiger partial charge in [-0.2, -0.15) is 0 Å². The van der Waals surface area contributed by atoms with Gasteiger partial charge in [0.2, 0.25) is 0 Å². The number of benzene rings is 1. The molecule has 0 radical (unpaired) electrons. The molecule has 68 valence electrons. The van der Waals surface area contributed by atoms with E-state index in [1.807, 2.05) is 0 Å². The van der Waals surface area contributed by atoms with Crippen LogP contribution in [0, 0.1) is 0 Å². The molecule has 2 rings (SSSR count). The van der Waals surface area contributed by atoms with Crippen LogP contribution in [0.5, 0.6) is 5.75 Å². The van der Waals surface area contributed by atoms with Crippen molar-refractivity contribution in [2.75, 3.05) is 0 Å². The van der Waals surface area contributed by atoms with Crippen LogP contribution in [0.15, 0.2) is 18.2 Å². The van der Waals surface area contributed by atoms with Crippen LogP contribution in [-0.2, 0) is 11.3 Å². The van der Waals surface area contributed by atoms with Crippen molar-refractivity contribution in [3.63, 3.8) is 0 Å². The molecule has 1 heterocycles. The van der Waals surface area contributed by atoms with Gasteiger partial charge in [0.05, 0.1) is 6.61 Å². The van der Waals surface area contributed by atoms with E-state index in [1.54, 1.807) is 25.1 Å². The highest BCUT2D eigenvalue weighted by Crippen LogP contribution is 2.27. The van der Waals surface area contributed by atoms with E-state index in [1.165, 1.54) is 0 Å². The Bertz CT molecular complexity index is 357. The van der Waals surface area contributed by atoms with Crippen molar-refractivity contribution in [3.8, 4) is 5.75 Å². The van der Waals surface area contributed by atoms with E-state index in [0.717, 1.165) is 0 Å². The molecule has 0 bridgehead atoms. The van der Waals surface area contributed by atoms with Crippen LogP contribution in [0.4, 0.5) is 0 Å². The lowest BCUT2D eigenvalue weighted by molar-refractivity contribution is 0.0328. The van der Waals surface area contributed by atoms with E-state index in [2.05, 4.69) is 0 Å². The Morgan fingerprint density at radius 2 is 2.31 bits per heavy atom. The van der Waals surface area contributed by atoms with E-state index in [-0.39, 0.29) is 11.5 Å². The lowest BCUT2D eigenvalue weighted by Crippen LogP contribution is -2.27. The Morgan fingerprint density at radius 3 is 3.08 bits per heavy atom. The molecule has 1 aromatic carbocycles. The summed E-state index contributed by atoms with van der Waals surface area (Å²) in [6, 6.07) is 4.95. The Morgan fingerprint density at radius 1 is 1.54 bits per heavy atom. The van der Waals surface area contributed by atoms with Crippen molar-refractivity contribution in [1.29, 1.82) is 0 Å². The maximum atomic E-state index is 11.5. The first-order valence-electron chi connectivity index (χ1n) is 4.17. The number of aromatic hydroxyl groups is 1. The number of ketones is 1. The molecule has 0 aromatic heterocycles. The van der Waals surface area contributed by atoms with Gasteiger partial charge in [0, 0.05) is 11.1 Å². The molecule has 0 saturated heterocycles. The largest absolute Gasteiger partial charge is 0.508 e. The monoisotopic (exact) mass is 178 g/mol. The zero-order valence-electron chi connectivity index (χ0n) is 7.28. The Balaban J connectivity index is 2.55. The maximum Gasteiger partial charge on any atom is 0.191 e. The van der Waals surface area contributed by atoms with Crippen LogP contribution in [0.3, 0.4) is 0 Å². The topological polar surface area (TPSA) is 46.5 Å². The minimum absolute atomic E-state index is 0.0582. The van der Waals surface area contributed by atoms with Crippen molar-refractivity contribution in [1.82, 2.24) is 0 Å². The predicted octanol–water partition coefficient (Wildman–Crippen LogP) is 1.49. The molecule has 0 amide bonds. The summed E-state index contributed by atoms with van der Waals surface area (Å²) in [6.45, 7) is 2.03. The summed E-state index contributed by atoms with van der Waals surface area (Å²) in [4.78, 5) is 11.5. The fourth-order valence-electron chi connectivity index (χ4n) is 1.46. The highest BCUT2D eigenvalue weighted by Gasteiger charge is 2.25. The molecule has 1 aromatic rings. The number of rotatable bonds is 0. The second-order valence-corrected chi connectivity index (χ2v) is 3.12. The molecule has 0 fully saturated rings. The number of Topliss-reactive ketones (excluding diaryl/α,β-unsaturated/α-hetero) is 1. The fraction of sp³-hybridized carbons (Fsp3) is 0.300. The molecular weight excluding hydrogens is 168 g/mol. The Labute approximate surface area is 76.0 Å². The average Bonchev–Trinajstić information content (AvgIpc) is 2.12. The molecule has 3 heteroatoms. The van der Waals surface area contributed by atoms with Gasteiger partial charge >= 0.3 is 0 Å². The average molecular weight is 178 g/mol. The van der Waals surface area contributed by atoms with Gasteiger partial charge in [-0.05, 0) is 13.0 Å². The highest BCUT2D eigenvalue weighted by atomic mass is 16.5. The molecule has 13 heavy (non-hydrogen) atoms. The zero-order valence-corrected chi connectivity index (χ0v) is 7.28. The van der Waals surface area contributed by atoms with Gasteiger partial charge in [-0.3, -0.25) is 4.79 Å². The third-order valence-electron chi connectivity index (χ3n) is 2.26. The number of carbonyl (C=O) groups excluding carboxylic acids is 1. The van der Waals surface area contributed by atoms with E-state index in [9.17, 15) is 9.90 Å². The highest BCUT2D eigenvalue weighted by molar-refractivity contribution is 6.01. The number of hydrogen-bond acceptors (Lipinski definition) is 3. The second-order valence-electron chi connectivity index (χ2n) is 3.12. The van der Waals surface area contributed by atoms with Gasteiger partial charge in [0.1, 0.15) is 11.9 Å². The molecule has 1 N–H and O–H groups in total. The van der Waals surface area contributed by atoms with Gasteiger partial charge in [-0.15, -0.1) is 0 Å². The number of fused-ring (bicyclic) bond motifs is 1. The minimum atomic E-state index is -0.394. The SMILES string of the molecule is C[C@@H]1OCc2c(O)cccc2C1=O. The minimum Gasteiger partial charge on any atom is -0.508 e. The molecule has 0 spiro atoms. The van der Waals surface area contributed by atoms with Gasteiger partial charge in [-0.1, -0.05) is 12.1 Å². The number of hydrogen-bond donors (Lipinski definition) is 1. The smallest absolute Gasteiger partial charge is 0.191 e. The van der Waals surface area contributed by atoms with Gasteiger partial charge in [-0.25, -0.2) is 0 Å². The van der Waals surface area contributed by atoms with Crippen LogP contribution in [0.1, 0.15) is 22.8 Å². The fourth-order valence-corrected chi connectivity index (χ4v) is 1.46. The Hall–Kier alpha value is -1.35. The van der Waals surface area contributed by atoms with Crippen molar-refractivity contribution < 1.29 is 14.6 Å². The molecule has 0 unspecified atom stereocenters. The van der Waals surface area contributed by atoms with E-state index < -0.39 is 6.10 Å². The summed E-state index contributed by atoms with van der Waals surface area (Å²) in [5.41, 5.74) is 1.18. The van der Waals surface area contributed by atoms with Crippen molar-refractivity contribution >= 4 is 5.78 Å². The van der Waals surface area contributed by atoms with Crippen molar-refractivity contribution in [2.45, 2.75) is 19.6 Å².